The number of aromatic nitrogens is 1. The summed E-state index contributed by atoms with van der Waals surface area (Å²) < 4.78 is 0. The standard InChI is InChI=1S/C24H31N5O9S/c25-14(5-7-19(30)31)21(34)27-16(6-8-20(32)33)22(35)28-17(23(36)29-18(11-39)24(37)38)9-12-10-26-15-4-2-1-3-13(12)15/h1-4,10,14,16-18,26,39H,5-9,11,25H2,(H,27,34)(H,28,35)(H,29,36)(H,30,31)(H,32,33)(H,37,38). The van der Waals surface area contributed by atoms with Gasteiger partial charge in [0.1, 0.15) is 18.1 Å². The molecular formula is C24H31N5O9S. The van der Waals surface area contributed by atoms with Gasteiger partial charge in [-0.3, -0.25) is 24.0 Å². The lowest BCUT2D eigenvalue weighted by Crippen LogP contribution is -2.58. The van der Waals surface area contributed by atoms with Gasteiger partial charge < -0.3 is 42.0 Å². The normalized spacial score (nSPS) is 14.0. The molecule has 2 rings (SSSR count). The van der Waals surface area contributed by atoms with E-state index in [0.29, 0.717) is 5.56 Å². The summed E-state index contributed by atoms with van der Waals surface area (Å²) in [4.78, 5) is 75.2. The van der Waals surface area contributed by atoms with E-state index in [9.17, 15) is 33.9 Å². The first-order chi connectivity index (χ1) is 18.4. The number of hydrogen-bond acceptors (Lipinski definition) is 8. The summed E-state index contributed by atoms with van der Waals surface area (Å²) in [5.74, 6) is -6.60. The number of benzene rings is 1. The van der Waals surface area contributed by atoms with E-state index in [4.69, 9.17) is 15.9 Å². The highest BCUT2D eigenvalue weighted by molar-refractivity contribution is 7.80. The third-order valence-corrected chi connectivity index (χ3v) is 6.18. The number of carbonyl (C=O) groups excluding carboxylic acids is 3. The monoisotopic (exact) mass is 565 g/mol. The number of carboxylic acids is 3. The second-order valence-electron chi connectivity index (χ2n) is 8.74. The highest BCUT2D eigenvalue weighted by Gasteiger charge is 2.31. The first-order valence-corrected chi connectivity index (χ1v) is 12.5. The van der Waals surface area contributed by atoms with Crippen molar-refractivity contribution in [1.82, 2.24) is 20.9 Å². The Morgan fingerprint density at radius 1 is 0.821 bits per heavy atom. The molecule has 9 N–H and O–H groups in total. The van der Waals surface area contributed by atoms with Crippen LogP contribution < -0.4 is 21.7 Å². The molecule has 212 valence electrons. The number of fused-ring (bicyclic) bond motifs is 1. The summed E-state index contributed by atoms with van der Waals surface area (Å²) in [7, 11) is 0. The fourth-order valence-electron chi connectivity index (χ4n) is 3.69. The molecule has 2 aromatic rings. The zero-order chi connectivity index (χ0) is 29.1. The predicted octanol–water partition coefficient (Wildman–Crippen LogP) is -0.764. The molecule has 1 heterocycles. The topological polar surface area (TPSA) is 241 Å². The third-order valence-electron chi connectivity index (χ3n) is 5.81. The van der Waals surface area contributed by atoms with Crippen LogP contribution in [0, 0.1) is 0 Å². The molecular weight excluding hydrogens is 534 g/mol. The second kappa shape index (κ2) is 14.7. The molecule has 0 fully saturated rings. The maximum atomic E-state index is 13.2. The maximum absolute atomic E-state index is 13.2. The fourth-order valence-corrected chi connectivity index (χ4v) is 3.93. The Morgan fingerprint density at radius 2 is 1.38 bits per heavy atom. The van der Waals surface area contributed by atoms with Gasteiger partial charge in [0.2, 0.25) is 17.7 Å². The Morgan fingerprint density at radius 3 is 2.00 bits per heavy atom. The average molecular weight is 566 g/mol. The van der Waals surface area contributed by atoms with Crippen LogP contribution in [0.5, 0.6) is 0 Å². The Kier molecular flexibility index (Phi) is 11.7. The number of aromatic amines is 1. The SMILES string of the molecule is NC(CCC(=O)O)C(=O)NC(CCC(=O)O)C(=O)NC(Cc1c[nH]c2ccccc12)C(=O)NC(CS)C(=O)O. The lowest BCUT2D eigenvalue weighted by molar-refractivity contribution is -0.141. The van der Waals surface area contributed by atoms with Crippen molar-refractivity contribution in [3.05, 3.63) is 36.0 Å². The first kappa shape index (κ1) is 31.1. The van der Waals surface area contributed by atoms with Gasteiger partial charge in [-0.2, -0.15) is 12.6 Å². The van der Waals surface area contributed by atoms with Crippen molar-refractivity contribution in [1.29, 1.82) is 0 Å². The summed E-state index contributed by atoms with van der Waals surface area (Å²) in [6, 6.07) is 1.80. The molecule has 0 aliphatic heterocycles. The Labute approximate surface area is 228 Å². The van der Waals surface area contributed by atoms with Crippen LogP contribution in [0.25, 0.3) is 10.9 Å². The zero-order valence-electron chi connectivity index (χ0n) is 20.8. The van der Waals surface area contributed by atoms with Gasteiger partial charge in [-0.15, -0.1) is 0 Å². The van der Waals surface area contributed by atoms with Gasteiger partial charge in [-0.1, -0.05) is 18.2 Å². The molecule has 0 aliphatic rings. The van der Waals surface area contributed by atoms with Gasteiger partial charge in [-0.05, 0) is 24.5 Å². The third kappa shape index (κ3) is 9.61. The summed E-state index contributed by atoms with van der Waals surface area (Å²) in [6.45, 7) is 0. The molecule has 1 aromatic heterocycles. The Hall–Kier alpha value is -4.11. The van der Waals surface area contributed by atoms with E-state index in [0.717, 1.165) is 10.9 Å². The molecule has 15 heteroatoms. The van der Waals surface area contributed by atoms with E-state index in [-0.39, 0.29) is 25.0 Å². The molecule has 0 bridgehead atoms. The maximum Gasteiger partial charge on any atom is 0.327 e. The van der Waals surface area contributed by atoms with E-state index < -0.39 is 72.6 Å². The van der Waals surface area contributed by atoms with E-state index >= 15 is 0 Å². The number of para-hydroxylation sites is 1. The van der Waals surface area contributed by atoms with E-state index in [2.05, 4.69) is 33.6 Å². The molecule has 1 aromatic carbocycles. The quantitative estimate of drug-likeness (QED) is 0.115. The number of rotatable bonds is 16. The fraction of sp³-hybridized carbons (Fsp3) is 0.417. The molecule has 0 saturated carbocycles. The lowest BCUT2D eigenvalue weighted by Gasteiger charge is -2.25. The summed E-state index contributed by atoms with van der Waals surface area (Å²) in [6.07, 6.45) is 0.0780. The number of aliphatic carboxylic acids is 3. The number of H-pyrrole nitrogens is 1. The molecule has 0 saturated heterocycles. The van der Waals surface area contributed by atoms with E-state index in [1.54, 1.807) is 30.5 Å². The van der Waals surface area contributed by atoms with Crippen molar-refractivity contribution >= 4 is 59.2 Å². The van der Waals surface area contributed by atoms with Crippen LogP contribution >= 0.6 is 12.6 Å². The number of nitrogens with one attached hydrogen (secondary N) is 4. The number of thiol groups is 1. The highest BCUT2D eigenvalue weighted by Crippen LogP contribution is 2.19. The van der Waals surface area contributed by atoms with Crippen molar-refractivity contribution in [3.63, 3.8) is 0 Å². The minimum atomic E-state index is -1.43. The van der Waals surface area contributed by atoms with E-state index in [1.807, 2.05) is 0 Å². The summed E-state index contributed by atoms with van der Waals surface area (Å²) >= 11 is 3.93. The van der Waals surface area contributed by atoms with Gasteiger partial charge in [0.15, 0.2) is 0 Å². The number of hydrogen-bond donors (Lipinski definition) is 9. The van der Waals surface area contributed by atoms with Gasteiger partial charge in [0.25, 0.3) is 0 Å². The van der Waals surface area contributed by atoms with Crippen LogP contribution in [-0.2, 0) is 35.2 Å². The first-order valence-electron chi connectivity index (χ1n) is 11.9. The Balaban J connectivity index is 2.29. The number of carbonyl (C=O) groups is 6. The van der Waals surface area contributed by atoms with E-state index in [1.165, 1.54) is 0 Å². The largest absolute Gasteiger partial charge is 0.481 e. The van der Waals surface area contributed by atoms with Gasteiger partial charge in [0.05, 0.1) is 6.04 Å². The van der Waals surface area contributed by atoms with Gasteiger partial charge in [0, 0.05) is 42.1 Å². The molecule has 3 amide bonds. The molecule has 4 unspecified atom stereocenters. The van der Waals surface area contributed by atoms with Crippen LogP contribution in [0.2, 0.25) is 0 Å². The molecule has 0 radical (unpaired) electrons. The minimum Gasteiger partial charge on any atom is -0.481 e. The number of nitrogens with two attached hydrogens (primary N) is 1. The van der Waals surface area contributed by atoms with Crippen molar-refractivity contribution in [2.24, 2.45) is 5.73 Å². The van der Waals surface area contributed by atoms with Crippen LogP contribution in [0.15, 0.2) is 30.5 Å². The summed E-state index contributed by atoms with van der Waals surface area (Å²) in [5, 5.41) is 35.1. The highest BCUT2D eigenvalue weighted by atomic mass is 32.1. The van der Waals surface area contributed by atoms with Crippen LogP contribution in [0.3, 0.4) is 0 Å². The molecule has 0 aliphatic carbocycles. The predicted molar refractivity (Wildman–Crippen MR) is 141 cm³/mol. The van der Waals surface area contributed by atoms with Crippen molar-refractivity contribution in [2.45, 2.75) is 56.3 Å². The van der Waals surface area contributed by atoms with Crippen molar-refractivity contribution in [3.8, 4) is 0 Å². The second-order valence-corrected chi connectivity index (χ2v) is 9.10. The van der Waals surface area contributed by atoms with Crippen molar-refractivity contribution < 1.29 is 44.1 Å². The lowest BCUT2D eigenvalue weighted by atomic mass is 10.0. The Bertz CT molecular complexity index is 1220. The minimum absolute atomic E-state index is 0.0712. The molecule has 39 heavy (non-hydrogen) atoms. The molecule has 14 nitrogen and oxygen atoms in total. The van der Waals surface area contributed by atoms with Crippen LogP contribution in [0.4, 0.5) is 0 Å². The van der Waals surface area contributed by atoms with Crippen molar-refractivity contribution in [2.75, 3.05) is 5.75 Å². The van der Waals surface area contributed by atoms with Crippen LogP contribution in [-0.4, -0.2) is 85.9 Å². The van der Waals surface area contributed by atoms with Gasteiger partial charge >= 0.3 is 17.9 Å². The molecule has 4 atom stereocenters. The molecule has 0 spiro atoms. The summed E-state index contributed by atoms with van der Waals surface area (Å²) in [5.41, 5.74) is 7.10. The van der Waals surface area contributed by atoms with Crippen LogP contribution in [0.1, 0.15) is 31.2 Å². The number of amides is 3. The smallest absolute Gasteiger partial charge is 0.327 e. The average Bonchev–Trinajstić information content (AvgIpc) is 3.29. The van der Waals surface area contributed by atoms with Gasteiger partial charge in [-0.25, -0.2) is 4.79 Å². The number of carboxylic acid groups (broad SMARTS) is 3. The zero-order valence-corrected chi connectivity index (χ0v) is 21.6.